The van der Waals surface area contributed by atoms with Gasteiger partial charge in [0.15, 0.2) is 0 Å². The minimum Gasteiger partial charge on any atom is -0.371 e. The van der Waals surface area contributed by atoms with E-state index >= 15 is 0 Å². The second kappa shape index (κ2) is 9.12. The zero-order valence-electron chi connectivity index (χ0n) is 16.1. The van der Waals surface area contributed by atoms with Crippen LogP contribution in [0.4, 0.5) is 20.2 Å². The van der Waals surface area contributed by atoms with Crippen LogP contribution in [-0.2, 0) is 11.2 Å². The van der Waals surface area contributed by atoms with Gasteiger partial charge in [-0.3, -0.25) is 9.59 Å². The van der Waals surface area contributed by atoms with Crippen LogP contribution in [0.5, 0.6) is 0 Å². The number of primary amides is 2. The molecule has 0 spiro atoms. The zero-order chi connectivity index (χ0) is 21.8. The van der Waals surface area contributed by atoms with Crippen LogP contribution in [0.15, 0.2) is 40.8 Å². The number of nitrogens with two attached hydrogens (primary N) is 2. The fourth-order valence-electron chi connectivity index (χ4n) is 3.06. The van der Waals surface area contributed by atoms with E-state index in [1.807, 2.05) is 6.92 Å². The highest BCUT2D eigenvalue weighted by molar-refractivity contribution is 7.99. The average molecular weight is 433 g/mol. The van der Waals surface area contributed by atoms with Crippen molar-refractivity contribution in [1.29, 1.82) is 0 Å². The van der Waals surface area contributed by atoms with Crippen molar-refractivity contribution in [2.24, 2.45) is 15.9 Å². The molecule has 7 nitrogen and oxygen atoms in total. The van der Waals surface area contributed by atoms with Crippen LogP contribution in [0.1, 0.15) is 29.3 Å². The molecule has 1 unspecified atom stereocenters. The third-order valence-corrected chi connectivity index (χ3v) is 5.46. The first-order valence-electron chi connectivity index (χ1n) is 9.12. The number of halogens is 2. The summed E-state index contributed by atoms with van der Waals surface area (Å²) in [7, 11) is 0. The molecule has 2 amide bonds. The number of rotatable bonds is 8. The molecule has 0 saturated heterocycles. The maximum Gasteiger partial charge on any atom is 0.250 e. The van der Waals surface area contributed by atoms with Gasteiger partial charge in [0, 0.05) is 18.6 Å². The number of benzene rings is 2. The average Bonchev–Trinajstić information content (AvgIpc) is 3.08. The lowest BCUT2D eigenvalue weighted by Crippen LogP contribution is -2.37. The smallest absolute Gasteiger partial charge is 0.250 e. The zero-order valence-corrected chi connectivity index (χ0v) is 16.9. The lowest BCUT2D eigenvalue weighted by molar-refractivity contribution is -0.118. The first-order valence-corrected chi connectivity index (χ1v) is 9.96. The van der Waals surface area contributed by atoms with E-state index in [9.17, 15) is 18.4 Å². The highest BCUT2D eigenvalue weighted by atomic mass is 32.2. The molecule has 10 heteroatoms. The number of carbonyl (C=O) groups is 2. The fraction of sp³-hybridized carbons (Fsp3) is 0.250. The van der Waals surface area contributed by atoms with Gasteiger partial charge in [0.1, 0.15) is 17.7 Å². The van der Waals surface area contributed by atoms with Crippen molar-refractivity contribution >= 4 is 40.8 Å². The summed E-state index contributed by atoms with van der Waals surface area (Å²) >= 11 is 1.30. The summed E-state index contributed by atoms with van der Waals surface area (Å²) < 4.78 is 32.3. The molecule has 2 aromatic rings. The number of anilines is 2. The first kappa shape index (κ1) is 21.6. The predicted molar refractivity (Wildman–Crippen MR) is 114 cm³/mol. The normalized spacial score (nSPS) is 16.6. The fourth-order valence-corrected chi connectivity index (χ4v) is 3.94. The molecule has 1 aliphatic rings. The summed E-state index contributed by atoms with van der Waals surface area (Å²) in [6.07, 6.45) is 0.699. The van der Waals surface area contributed by atoms with E-state index in [1.165, 1.54) is 36.2 Å². The molecule has 0 bridgehead atoms. The summed E-state index contributed by atoms with van der Waals surface area (Å²) in [6.45, 7) is 1.88. The summed E-state index contributed by atoms with van der Waals surface area (Å²) in [5, 5.41) is 5.74. The molecule has 0 radical (unpaired) electrons. The van der Waals surface area contributed by atoms with Gasteiger partial charge in [-0.2, -0.15) is 0 Å². The second-order valence-electron chi connectivity index (χ2n) is 6.94. The third kappa shape index (κ3) is 5.26. The maximum absolute atomic E-state index is 14.7. The van der Waals surface area contributed by atoms with Crippen molar-refractivity contribution in [2.45, 2.75) is 31.2 Å². The Morgan fingerprint density at radius 3 is 2.60 bits per heavy atom. The Labute approximate surface area is 176 Å². The molecule has 2 aromatic carbocycles. The maximum atomic E-state index is 14.7. The van der Waals surface area contributed by atoms with E-state index in [0.717, 1.165) is 11.8 Å². The molecule has 2 atom stereocenters. The van der Waals surface area contributed by atoms with Gasteiger partial charge in [-0.1, -0.05) is 12.1 Å². The molecule has 1 aliphatic heterocycles. The number of nitrogens with zero attached hydrogens (tertiary/aromatic N) is 1. The Morgan fingerprint density at radius 1 is 1.23 bits per heavy atom. The Hall–Kier alpha value is -3.14. The molecular formula is C20H21F2N5O2S. The molecule has 0 aliphatic carbocycles. The Bertz CT molecular complexity index is 1010. The van der Waals surface area contributed by atoms with Crippen LogP contribution in [-0.4, -0.2) is 28.9 Å². The van der Waals surface area contributed by atoms with Crippen LogP contribution in [0.3, 0.4) is 0 Å². The molecule has 30 heavy (non-hydrogen) atoms. The van der Waals surface area contributed by atoms with Gasteiger partial charge in [-0.25, -0.2) is 13.2 Å². The van der Waals surface area contributed by atoms with Crippen molar-refractivity contribution in [3.05, 3.63) is 59.2 Å². The van der Waals surface area contributed by atoms with E-state index < -0.39 is 29.5 Å². The predicted octanol–water partition coefficient (Wildman–Crippen LogP) is 2.82. The largest absolute Gasteiger partial charge is 0.371 e. The van der Waals surface area contributed by atoms with Crippen LogP contribution >= 0.6 is 11.9 Å². The van der Waals surface area contributed by atoms with E-state index in [2.05, 4.69) is 15.0 Å². The van der Waals surface area contributed by atoms with Crippen molar-refractivity contribution in [1.82, 2.24) is 0 Å². The van der Waals surface area contributed by atoms with Gasteiger partial charge in [0.05, 0.1) is 22.3 Å². The van der Waals surface area contributed by atoms with E-state index in [1.54, 1.807) is 6.07 Å². The quantitative estimate of drug-likeness (QED) is 0.477. The van der Waals surface area contributed by atoms with Crippen LogP contribution in [0, 0.1) is 11.6 Å². The summed E-state index contributed by atoms with van der Waals surface area (Å²) in [5.41, 5.74) is 12.5. The molecule has 6 N–H and O–H groups in total. The van der Waals surface area contributed by atoms with Gasteiger partial charge < -0.3 is 22.1 Å². The Balaban J connectivity index is 1.86. The minimum atomic E-state index is -1.000. The minimum absolute atomic E-state index is 0.0241. The number of nitrogens with one attached hydrogen (secondary N) is 2. The van der Waals surface area contributed by atoms with Crippen LogP contribution < -0.4 is 22.1 Å². The SMILES string of the molecule is CC1=NSC(Nc2cc(N[C@H](Cc3cccc(F)c3)C(N)=O)c(F)cc2C(N)=O)C1. The first-order chi connectivity index (χ1) is 14.2. The molecule has 1 heterocycles. The number of carbonyl (C=O) groups excluding carboxylic acids is 2. The second-order valence-corrected chi connectivity index (χ2v) is 7.91. The number of hydrogen-bond donors (Lipinski definition) is 4. The molecule has 158 valence electrons. The summed E-state index contributed by atoms with van der Waals surface area (Å²) in [6, 6.07) is 7.07. The molecule has 3 rings (SSSR count). The summed E-state index contributed by atoms with van der Waals surface area (Å²) in [5.74, 6) is -2.76. The van der Waals surface area contributed by atoms with E-state index in [0.29, 0.717) is 17.7 Å². The van der Waals surface area contributed by atoms with Crippen LogP contribution in [0.25, 0.3) is 0 Å². The molecular weight excluding hydrogens is 412 g/mol. The van der Waals surface area contributed by atoms with Gasteiger partial charge in [-0.05, 0) is 48.7 Å². The van der Waals surface area contributed by atoms with Gasteiger partial charge in [0.2, 0.25) is 5.91 Å². The Kier molecular flexibility index (Phi) is 6.56. The third-order valence-electron chi connectivity index (χ3n) is 4.51. The Morgan fingerprint density at radius 2 is 2.00 bits per heavy atom. The van der Waals surface area contributed by atoms with E-state index in [4.69, 9.17) is 11.5 Å². The van der Waals surface area contributed by atoms with Gasteiger partial charge in [0.25, 0.3) is 5.91 Å². The number of hydrogen-bond acceptors (Lipinski definition) is 6. The summed E-state index contributed by atoms with van der Waals surface area (Å²) in [4.78, 5) is 23.7. The molecule has 0 saturated carbocycles. The van der Waals surface area contributed by atoms with Crippen molar-refractivity contribution in [3.8, 4) is 0 Å². The highest BCUT2D eigenvalue weighted by Gasteiger charge is 2.23. The van der Waals surface area contributed by atoms with Gasteiger partial charge >= 0.3 is 0 Å². The monoisotopic (exact) mass is 433 g/mol. The lowest BCUT2D eigenvalue weighted by Gasteiger charge is -2.20. The van der Waals surface area contributed by atoms with Crippen molar-refractivity contribution < 1.29 is 18.4 Å². The van der Waals surface area contributed by atoms with Crippen molar-refractivity contribution in [3.63, 3.8) is 0 Å². The topological polar surface area (TPSA) is 123 Å². The van der Waals surface area contributed by atoms with E-state index in [-0.39, 0.29) is 23.0 Å². The molecule has 0 fully saturated rings. The van der Waals surface area contributed by atoms with Crippen molar-refractivity contribution in [2.75, 3.05) is 10.6 Å². The molecule has 0 aromatic heterocycles. The standard InChI is InChI=1S/C20H21F2N5O2S/c1-10-5-18(30-27-10)26-15-9-16(14(22)8-13(15)19(23)28)25-17(20(24)29)7-11-3-2-4-12(21)6-11/h2-4,6,8-9,17-18,25-26H,5,7H2,1H3,(H2,23,28)(H2,24,29)/t17-,18?/m1/s1. The number of amides is 2. The van der Waals surface area contributed by atoms with Gasteiger partial charge in [-0.15, -0.1) is 0 Å². The lowest BCUT2D eigenvalue weighted by atomic mass is 10.0. The van der Waals surface area contributed by atoms with Crippen LogP contribution in [0.2, 0.25) is 0 Å². The highest BCUT2D eigenvalue weighted by Crippen LogP contribution is 2.31.